The number of nitrogens with two attached hydrogens (primary N) is 1. The van der Waals surface area contributed by atoms with E-state index in [1.807, 2.05) is 0 Å². The van der Waals surface area contributed by atoms with Gasteiger partial charge in [-0.2, -0.15) is 9.97 Å². The number of nitrogen functional groups attached to an aromatic ring is 1. The number of aliphatic hydroxyl groups excluding tert-OH is 3. The van der Waals surface area contributed by atoms with Gasteiger partial charge in [0.2, 0.25) is 11.8 Å². The van der Waals surface area contributed by atoms with Crippen molar-refractivity contribution in [2.75, 3.05) is 12.3 Å². The molecule has 0 radical (unpaired) electrons. The van der Waals surface area contributed by atoms with Crippen molar-refractivity contribution in [3.8, 4) is 5.88 Å². The zero-order valence-electron chi connectivity index (χ0n) is 16.9. The summed E-state index contributed by atoms with van der Waals surface area (Å²) in [5.41, 5.74) is 5.20. The summed E-state index contributed by atoms with van der Waals surface area (Å²) in [5, 5.41) is 29.9. The maximum Gasteiger partial charge on any atom is 0.519 e. The molecule has 32 heavy (non-hydrogen) atoms. The molecule has 3 aromatic rings. The fourth-order valence-electron chi connectivity index (χ4n) is 3.52. The van der Waals surface area contributed by atoms with Crippen LogP contribution >= 0.6 is 0 Å². The van der Waals surface area contributed by atoms with Crippen molar-refractivity contribution in [3.05, 3.63) is 45.3 Å². The highest BCUT2D eigenvalue weighted by molar-refractivity contribution is 5.78. The van der Waals surface area contributed by atoms with E-state index >= 15 is 0 Å². The van der Waals surface area contributed by atoms with Gasteiger partial charge in [-0.15, -0.1) is 6.58 Å². The van der Waals surface area contributed by atoms with Gasteiger partial charge in [0.15, 0.2) is 35.5 Å². The molecule has 1 saturated heterocycles. The van der Waals surface area contributed by atoms with Crippen molar-refractivity contribution in [3.63, 3.8) is 0 Å². The van der Waals surface area contributed by atoms with Crippen LogP contribution in [0.25, 0.3) is 11.2 Å². The Morgan fingerprint density at radius 1 is 1.25 bits per heavy atom. The van der Waals surface area contributed by atoms with Crippen LogP contribution in [0.1, 0.15) is 17.7 Å². The Bertz CT molecular complexity index is 1270. The van der Waals surface area contributed by atoms with E-state index in [2.05, 4.69) is 16.5 Å². The second kappa shape index (κ2) is 8.23. The molecule has 5 N–H and O–H groups in total. The summed E-state index contributed by atoms with van der Waals surface area (Å²) in [6.07, 6.45) is -3.99. The van der Waals surface area contributed by atoms with Crippen LogP contribution in [0, 0.1) is 6.92 Å². The third-order valence-electron chi connectivity index (χ3n) is 5.04. The van der Waals surface area contributed by atoms with Crippen LogP contribution in [0.2, 0.25) is 0 Å². The largest absolute Gasteiger partial charge is 0.519 e. The summed E-state index contributed by atoms with van der Waals surface area (Å²) in [4.78, 5) is 32.6. The van der Waals surface area contributed by atoms with Crippen LogP contribution in [-0.2, 0) is 17.9 Å². The standard InChI is InChI=1S/C18H21N5O9/c1-3-4-22-10-13(23(17(22)27)15-12(26)11(25)8(5-24)31-15)20-16(19)21-14(10)29-6-9-7(2)30-18(28)32-9/h3,8,11-12,15,24-26H,1,4-6H2,2H3,(H2,19,20,21)/t8-,11-,12-,15?/m1/s1. The normalized spacial score (nSPS) is 23.1. The first-order chi connectivity index (χ1) is 15.3. The van der Waals surface area contributed by atoms with Crippen LogP contribution < -0.4 is 22.0 Å². The highest BCUT2D eigenvalue weighted by Gasteiger charge is 2.45. The van der Waals surface area contributed by atoms with E-state index in [-0.39, 0.29) is 47.7 Å². The highest BCUT2D eigenvalue weighted by Crippen LogP contribution is 2.33. The molecule has 0 spiro atoms. The average molecular weight is 451 g/mol. The van der Waals surface area contributed by atoms with E-state index in [0.29, 0.717) is 0 Å². The van der Waals surface area contributed by atoms with Crippen molar-refractivity contribution >= 4 is 17.1 Å². The quantitative estimate of drug-likeness (QED) is 0.300. The fraction of sp³-hybridized carbons (Fsp3) is 0.444. The van der Waals surface area contributed by atoms with Crippen LogP contribution in [0.3, 0.4) is 0 Å². The van der Waals surface area contributed by atoms with Gasteiger partial charge in [-0.05, 0) is 6.92 Å². The molecule has 1 aliphatic heterocycles. The third-order valence-corrected chi connectivity index (χ3v) is 5.04. The van der Waals surface area contributed by atoms with E-state index in [1.165, 1.54) is 17.6 Å². The summed E-state index contributed by atoms with van der Waals surface area (Å²) < 4.78 is 23.1. The lowest BCUT2D eigenvalue weighted by molar-refractivity contribution is -0.0527. The van der Waals surface area contributed by atoms with Gasteiger partial charge < -0.3 is 39.4 Å². The first kappa shape index (κ1) is 21.8. The molecular weight excluding hydrogens is 430 g/mol. The number of aromatic nitrogens is 4. The van der Waals surface area contributed by atoms with Crippen molar-refractivity contribution in [1.82, 2.24) is 19.1 Å². The number of rotatable bonds is 7. The van der Waals surface area contributed by atoms with Crippen molar-refractivity contribution in [1.29, 1.82) is 0 Å². The first-order valence-corrected chi connectivity index (χ1v) is 9.50. The smallest absolute Gasteiger partial charge is 0.468 e. The molecule has 1 unspecified atom stereocenters. The summed E-state index contributed by atoms with van der Waals surface area (Å²) >= 11 is 0. The molecule has 0 bridgehead atoms. The van der Waals surface area contributed by atoms with Gasteiger partial charge >= 0.3 is 11.5 Å². The van der Waals surface area contributed by atoms with Crippen LogP contribution in [0.4, 0.5) is 5.95 Å². The molecule has 1 fully saturated rings. The predicted octanol–water partition coefficient (Wildman–Crippen LogP) is -1.59. The molecule has 172 valence electrons. The molecule has 14 nitrogen and oxygen atoms in total. The van der Waals surface area contributed by atoms with Crippen LogP contribution in [0.15, 0.2) is 31.1 Å². The fourth-order valence-corrected chi connectivity index (χ4v) is 3.52. The van der Waals surface area contributed by atoms with Gasteiger partial charge in [-0.3, -0.25) is 4.57 Å². The summed E-state index contributed by atoms with van der Waals surface area (Å²) in [5.74, 6) is -0.941. The zero-order valence-corrected chi connectivity index (χ0v) is 16.9. The molecule has 0 aliphatic carbocycles. The van der Waals surface area contributed by atoms with Gasteiger partial charge in [-0.1, -0.05) is 6.08 Å². The van der Waals surface area contributed by atoms with Gasteiger partial charge in [-0.25, -0.2) is 14.2 Å². The molecular formula is C18H21N5O9. The van der Waals surface area contributed by atoms with Crippen molar-refractivity contribution < 1.29 is 33.6 Å². The Hall–Kier alpha value is -3.46. The summed E-state index contributed by atoms with van der Waals surface area (Å²) in [7, 11) is 0. The van der Waals surface area contributed by atoms with Crippen LogP contribution in [-0.4, -0.2) is 59.3 Å². The average Bonchev–Trinajstić information content (AvgIpc) is 3.32. The predicted molar refractivity (Wildman–Crippen MR) is 106 cm³/mol. The minimum atomic E-state index is -1.53. The van der Waals surface area contributed by atoms with E-state index in [4.69, 9.17) is 24.0 Å². The number of hydrogen-bond donors (Lipinski definition) is 4. The molecule has 4 atom stereocenters. The number of allylic oxidation sites excluding steroid dienone is 1. The SMILES string of the molecule is C=CCn1c(=O)n(C2O[C@H](CO)[C@@H](O)[C@H]2O)c2nc(N)nc(OCc3oc(=O)oc3C)c21. The highest BCUT2D eigenvalue weighted by atomic mass is 16.6. The topological polar surface area (TPSA) is 201 Å². The lowest BCUT2D eigenvalue weighted by Crippen LogP contribution is -2.36. The van der Waals surface area contributed by atoms with E-state index < -0.39 is 42.7 Å². The molecule has 4 heterocycles. The third kappa shape index (κ3) is 3.48. The Morgan fingerprint density at radius 3 is 2.59 bits per heavy atom. The lowest BCUT2D eigenvalue weighted by atomic mass is 10.1. The number of anilines is 1. The van der Waals surface area contributed by atoms with E-state index in [1.54, 1.807) is 0 Å². The molecule has 0 amide bonds. The van der Waals surface area contributed by atoms with Crippen molar-refractivity contribution in [2.24, 2.45) is 0 Å². The second-order valence-electron chi connectivity index (χ2n) is 7.06. The Morgan fingerprint density at radius 2 is 2.00 bits per heavy atom. The van der Waals surface area contributed by atoms with Gasteiger partial charge in [0.25, 0.3) is 0 Å². The minimum absolute atomic E-state index is 0.0145. The van der Waals surface area contributed by atoms with Gasteiger partial charge in [0.05, 0.1) is 6.61 Å². The number of aryl methyl sites for hydroxylation is 1. The van der Waals surface area contributed by atoms with Crippen LogP contribution in [0.5, 0.6) is 5.88 Å². The maximum atomic E-state index is 13.2. The maximum absolute atomic E-state index is 13.2. The number of aliphatic hydroxyl groups is 3. The zero-order chi connectivity index (χ0) is 23.2. The van der Waals surface area contributed by atoms with E-state index in [0.717, 1.165) is 4.57 Å². The number of hydrogen-bond acceptors (Lipinski definition) is 12. The molecule has 1 aliphatic rings. The van der Waals surface area contributed by atoms with Gasteiger partial charge in [0.1, 0.15) is 18.3 Å². The van der Waals surface area contributed by atoms with Gasteiger partial charge in [0, 0.05) is 6.54 Å². The first-order valence-electron chi connectivity index (χ1n) is 9.50. The summed E-state index contributed by atoms with van der Waals surface area (Å²) in [6.45, 7) is 4.32. The number of imidazole rings is 1. The second-order valence-corrected chi connectivity index (χ2v) is 7.06. The number of nitrogens with zero attached hydrogens (tertiary/aromatic N) is 4. The Kier molecular flexibility index (Phi) is 5.60. The molecule has 0 saturated carbocycles. The summed E-state index contributed by atoms with van der Waals surface area (Å²) in [6, 6.07) is 0. The monoisotopic (exact) mass is 451 g/mol. The molecule has 14 heteroatoms. The number of ether oxygens (including phenoxy) is 2. The van der Waals surface area contributed by atoms with E-state index in [9.17, 15) is 24.9 Å². The molecule has 0 aromatic carbocycles. The van der Waals surface area contributed by atoms with Crippen molar-refractivity contribution in [2.45, 2.75) is 44.6 Å². The Labute approximate surface area is 178 Å². The Balaban J connectivity index is 1.85. The molecule has 4 rings (SSSR count). The number of fused-ring (bicyclic) bond motifs is 1. The minimum Gasteiger partial charge on any atom is -0.468 e. The molecule has 3 aromatic heterocycles. The lowest BCUT2D eigenvalue weighted by Gasteiger charge is -2.16.